The number of amides is 1. The van der Waals surface area contributed by atoms with Crippen LogP contribution in [0.2, 0.25) is 0 Å². The summed E-state index contributed by atoms with van der Waals surface area (Å²) in [4.78, 5) is 25.0. The van der Waals surface area contributed by atoms with Crippen molar-refractivity contribution >= 4 is 12.1 Å². The van der Waals surface area contributed by atoms with Crippen LogP contribution in [0.3, 0.4) is 0 Å². The van der Waals surface area contributed by atoms with Crippen LogP contribution < -0.4 is 10.6 Å². The number of hydrogen-bond acceptors (Lipinski definition) is 4. The molecule has 1 atom stereocenters. The first-order chi connectivity index (χ1) is 23.0. The normalized spacial score (nSPS) is 13.0. The number of unbranched alkanes of at least 4 members (excludes halogenated alkanes) is 1. The lowest BCUT2D eigenvalue weighted by Crippen LogP contribution is -2.45. The summed E-state index contributed by atoms with van der Waals surface area (Å²) in [7, 11) is 0. The Bertz CT molecular complexity index is 1740. The van der Waals surface area contributed by atoms with Gasteiger partial charge in [0, 0.05) is 5.92 Å². The van der Waals surface area contributed by atoms with Crippen LogP contribution in [-0.2, 0) is 15.1 Å². The van der Waals surface area contributed by atoms with Crippen molar-refractivity contribution in [2.24, 2.45) is 0 Å². The van der Waals surface area contributed by atoms with Gasteiger partial charge in [-0.15, -0.1) is 0 Å². The summed E-state index contributed by atoms with van der Waals surface area (Å²) in [5.74, 6) is -1.17. The molecule has 0 unspecified atom stereocenters. The van der Waals surface area contributed by atoms with E-state index in [2.05, 4.69) is 115 Å². The van der Waals surface area contributed by atoms with Crippen LogP contribution in [0.15, 0.2) is 133 Å². The fraction of sp³-hybridized carbons (Fsp3) is 0.220. The van der Waals surface area contributed by atoms with E-state index in [1.54, 1.807) is 0 Å². The average Bonchev–Trinajstić information content (AvgIpc) is 3.42. The van der Waals surface area contributed by atoms with Crippen LogP contribution in [0, 0.1) is 6.92 Å². The zero-order valence-electron chi connectivity index (χ0n) is 26.6. The monoisotopic (exact) mass is 624 g/mol. The summed E-state index contributed by atoms with van der Waals surface area (Å²) in [6.07, 6.45) is 0.879. The summed E-state index contributed by atoms with van der Waals surface area (Å²) in [5.41, 5.74) is 8.45. The number of aryl methyl sites for hydroxylation is 1. The molecule has 6 nitrogen and oxygen atoms in total. The number of fused-ring (bicyclic) bond motifs is 3. The van der Waals surface area contributed by atoms with Gasteiger partial charge in [-0.2, -0.15) is 0 Å². The number of rotatable bonds is 13. The van der Waals surface area contributed by atoms with Crippen molar-refractivity contribution in [2.75, 3.05) is 13.2 Å². The fourth-order valence-corrected chi connectivity index (χ4v) is 6.85. The molecule has 0 fully saturated rings. The highest BCUT2D eigenvalue weighted by molar-refractivity contribution is 5.81. The predicted octanol–water partition coefficient (Wildman–Crippen LogP) is 8.04. The van der Waals surface area contributed by atoms with Gasteiger partial charge in [0.05, 0.1) is 5.54 Å². The molecule has 0 spiro atoms. The number of benzene rings is 5. The van der Waals surface area contributed by atoms with Gasteiger partial charge in [0.25, 0.3) is 0 Å². The second-order valence-corrected chi connectivity index (χ2v) is 12.1. The van der Waals surface area contributed by atoms with Crippen molar-refractivity contribution in [3.63, 3.8) is 0 Å². The van der Waals surface area contributed by atoms with Crippen LogP contribution in [0.1, 0.15) is 58.6 Å². The van der Waals surface area contributed by atoms with Crippen LogP contribution in [0.4, 0.5) is 4.79 Å². The first-order valence-corrected chi connectivity index (χ1v) is 16.2. The van der Waals surface area contributed by atoms with Crippen LogP contribution in [-0.4, -0.2) is 36.4 Å². The van der Waals surface area contributed by atoms with Crippen molar-refractivity contribution in [1.82, 2.24) is 10.6 Å². The molecule has 0 saturated heterocycles. The maximum Gasteiger partial charge on any atom is 0.407 e. The molecule has 1 aliphatic rings. The van der Waals surface area contributed by atoms with Gasteiger partial charge in [-0.3, -0.25) is 5.32 Å². The Morgan fingerprint density at radius 3 is 1.85 bits per heavy atom. The molecule has 0 aliphatic heterocycles. The second-order valence-electron chi connectivity index (χ2n) is 12.1. The summed E-state index contributed by atoms with van der Waals surface area (Å²) in [6, 6.07) is 44.5. The van der Waals surface area contributed by atoms with Gasteiger partial charge >= 0.3 is 12.1 Å². The highest BCUT2D eigenvalue weighted by atomic mass is 16.5. The zero-order valence-corrected chi connectivity index (χ0v) is 26.6. The third-order valence-corrected chi connectivity index (χ3v) is 9.11. The van der Waals surface area contributed by atoms with E-state index in [4.69, 9.17) is 4.74 Å². The molecule has 1 aliphatic carbocycles. The maximum absolute atomic E-state index is 12.8. The van der Waals surface area contributed by atoms with E-state index < -0.39 is 23.6 Å². The van der Waals surface area contributed by atoms with Gasteiger partial charge in [0.15, 0.2) is 0 Å². The number of carboxylic acids is 1. The van der Waals surface area contributed by atoms with Gasteiger partial charge in [0.1, 0.15) is 12.6 Å². The number of ether oxygens (including phenoxy) is 1. The van der Waals surface area contributed by atoms with Crippen molar-refractivity contribution < 1.29 is 19.4 Å². The minimum atomic E-state index is -1.07. The van der Waals surface area contributed by atoms with Crippen molar-refractivity contribution in [2.45, 2.75) is 43.7 Å². The molecule has 0 saturated carbocycles. The molecule has 6 heteroatoms. The quantitative estimate of drug-likeness (QED) is 0.0912. The van der Waals surface area contributed by atoms with E-state index in [-0.39, 0.29) is 18.9 Å². The van der Waals surface area contributed by atoms with Crippen molar-refractivity contribution in [1.29, 1.82) is 0 Å². The molecule has 0 heterocycles. The topological polar surface area (TPSA) is 87.7 Å². The largest absolute Gasteiger partial charge is 0.480 e. The average molecular weight is 625 g/mol. The molecule has 6 rings (SSSR count). The van der Waals surface area contributed by atoms with Gasteiger partial charge in [0.2, 0.25) is 0 Å². The van der Waals surface area contributed by atoms with E-state index in [9.17, 15) is 14.7 Å². The molecule has 238 valence electrons. The Morgan fingerprint density at radius 1 is 0.723 bits per heavy atom. The summed E-state index contributed by atoms with van der Waals surface area (Å²) in [5, 5.41) is 16.4. The number of carbonyl (C=O) groups is 2. The molecule has 0 radical (unpaired) electrons. The highest BCUT2D eigenvalue weighted by Crippen LogP contribution is 2.44. The lowest BCUT2D eigenvalue weighted by molar-refractivity contribution is -0.139. The van der Waals surface area contributed by atoms with Crippen LogP contribution in [0.25, 0.3) is 11.1 Å². The number of alkyl carbamates (subject to hydrolysis) is 1. The Balaban J connectivity index is 1.09. The maximum atomic E-state index is 12.8. The first-order valence-electron chi connectivity index (χ1n) is 16.2. The molecule has 47 heavy (non-hydrogen) atoms. The van der Waals surface area contributed by atoms with E-state index in [0.717, 1.165) is 38.9 Å². The molecule has 3 N–H and O–H groups in total. The molecule has 5 aromatic carbocycles. The Hall–Kier alpha value is -5.20. The standard InChI is InChI=1S/C41H40N2O4/c1-29-15-14-20-32(27-29)41(30-16-4-2-5-17-30,31-18-6-3-7-19-31)42-26-13-12-25-38(39(44)45)43-40(46)47-28-37-35-23-10-8-21-33(35)34-22-9-11-24-36(34)37/h2-11,14-24,27,37-38,42H,12-13,25-26,28H2,1H3,(H,43,46)(H,44,45)/t38-/m0/s1. The SMILES string of the molecule is Cc1cccc(C(NCCCC[C@H](NC(=O)OCC2c3ccccc3-c3ccccc32)C(=O)O)(c2ccccc2)c2ccccc2)c1. The number of hydrogen-bond donors (Lipinski definition) is 3. The van der Waals surface area contributed by atoms with E-state index in [1.165, 1.54) is 5.56 Å². The Kier molecular flexibility index (Phi) is 9.79. The second kappa shape index (κ2) is 14.5. The number of aliphatic carboxylic acids is 1. The van der Waals surface area contributed by atoms with Gasteiger partial charge in [-0.1, -0.05) is 139 Å². The summed E-state index contributed by atoms with van der Waals surface area (Å²) in [6.45, 7) is 2.87. The number of nitrogens with one attached hydrogen (secondary N) is 2. The fourth-order valence-electron chi connectivity index (χ4n) is 6.85. The Labute approximate surface area is 276 Å². The van der Waals surface area contributed by atoms with Crippen LogP contribution in [0.5, 0.6) is 0 Å². The molecule has 5 aromatic rings. The molecule has 1 amide bonds. The molecular formula is C41H40N2O4. The van der Waals surface area contributed by atoms with Gasteiger partial charge in [-0.05, 0) is 71.7 Å². The molecule has 0 aromatic heterocycles. The summed E-state index contributed by atoms with van der Waals surface area (Å²) < 4.78 is 5.62. The lowest BCUT2D eigenvalue weighted by atomic mass is 9.76. The minimum Gasteiger partial charge on any atom is -0.480 e. The predicted molar refractivity (Wildman–Crippen MR) is 185 cm³/mol. The van der Waals surface area contributed by atoms with Crippen LogP contribution >= 0.6 is 0 Å². The smallest absolute Gasteiger partial charge is 0.407 e. The van der Waals surface area contributed by atoms with E-state index in [0.29, 0.717) is 19.4 Å². The zero-order chi connectivity index (χ0) is 32.6. The minimum absolute atomic E-state index is 0.0922. The first kappa shape index (κ1) is 31.8. The third-order valence-electron chi connectivity index (χ3n) is 9.11. The van der Waals surface area contributed by atoms with Crippen molar-refractivity contribution in [3.8, 4) is 11.1 Å². The number of carboxylic acid groups (broad SMARTS) is 1. The van der Waals surface area contributed by atoms with E-state index in [1.807, 2.05) is 36.4 Å². The van der Waals surface area contributed by atoms with E-state index >= 15 is 0 Å². The van der Waals surface area contributed by atoms with Gasteiger partial charge in [-0.25, -0.2) is 9.59 Å². The van der Waals surface area contributed by atoms with Crippen molar-refractivity contribution in [3.05, 3.63) is 167 Å². The third kappa shape index (κ3) is 6.83. The van der Waals surface area contributed by atoms with Gasteiger partial charge < -0.3 is 15.2 Å². The highest BCUT2D eigenvalue weighted by Gasteiger charge is 2.36. The molecule has 0 bridgehead atoms. The summed E-state index contributed by atoms with van der Waals surface area (Å²) >= 11 is 0. The molecular weight excluding hydrogens is 584 g/mol. The Morgan fingerprint density at radius 2 is 1.28 bits per heavy atom. The number of carbonyl (C=O) groups excluding carboxylic acids is 1. The lowest BCUT2D eigenvalue weighted by Gasteiger charge is -2.37.